The normalized spacial score (nSPS) is 10.3. The van der Waals surface area contributed by atoms with Gasteiger partial charge in [0.2, 0.25) is 5.88 Å². The molecule has 8 heterocycles. The summed E-state index contributed by atoms with van der Waals surface area (Å²) in [5.41, 5.74) is 6.13. The van der Waals surface area contributed by atoms with Gasteiger partial charge in [-0.3, -0.25) is 4.79 Å². The maximum atomic E-state index is 12.8. The van der Waals surface area contributed by atoms with Crippen molar-refractivity contribution < 1.29 is 144 Å². The Balaban J connectivity index is 0.000000242. The highest BCUT2D eigenvalue weighted by molar-refractivity contribution is 9.10. The van der Waals surface area contributed by atoms with Crippen LogP contribution in [0, 0.1) is 0 Å². The highest BCUT2D eigenvalue weighted by Crippen LogP contribution is 2.49. The van der Waals surface area contributed by atoms with E-state index in [0.717, 1.165) is 64.1 Å². The number of ether oxygens (including phenoxy) is 13. The quantitative estimate of drug-likeness (QED) is 0.0167. The lowest BCUT2D eigenvalue weighted by Gasteiger charge is -2.15. The monoisotopic (exact) mass is 1760 g/mol. The van der Waals surface area contributed by atoms with Gasteiger partial charge in [-0.05, 0) is 126 Å². The lowest BCUT2D eigenvalue weighted by molar-refractivity contribution is -0.193. The zero-order chi connectivity index (χ0) is 89.8. The van der Waals surface area contributed by atoms with Gasteiger partial charge in [-0.25, -0.2) is 58.3 Å². The number of aromatic amines is 4. The molecule has 121 heavy (non-hydrogen) atoms. The number of benzene rings is 4. The number of aromatic carboxylic acids is 2. The van der Waals surface area contributed by atoms with Crippen molar-refractivity contribution in [3.8, 4) is 40.4 Å². The van der Waals surface area contributed by atoms with Crippen molar-refractivity contribution in [1.29, 1.82) is 0 Å². The van der Waals surface area contributed by atoms with E-state index in [-0.39, 0.29) is 143 Å². The number of nitrogens with one attached hydrogen (secondary N) is 4. The Labute approximate surface area is 698 Å². The molecule has 12 aromatic rings. The van der Waals surface area contributed by atoms with E-state index in [0.29, 0.717) is 88.2 Å². The number of H-pyrrole nitrogens is 4. The van der Waals surface area contributed by atoms with Gasteiger partial charge in [0.05, 0.1) is 147 Å². The highest BCUT2D eigenvalue weighted by atomic mass is 79.9. The number of carbonyl (C=O) groups excluding carboxylic acids is 13. The first-order valence-corrected chi connectivity index (χ1v) is 37.6. The van der Waals surface area contributed by atoms with Crippen molar-refractivity contribution >= 4 is 187 Å². The molecule has 0 unspecified atom stereocenters. The molecule has 6 N–H and O–H groups in total. The fourth-order valence-electron chi connectivity index (χ4n) is 12.5. The van der Waals surface area contributed by atoms with E-state index in [1.54, 1.807) is 41.5 Å². The van der Waals surface area contributed by atoms with E-state index in [9.17, 15) is 53.4 Å². The van der Waals surface area contributed by atoms with Crippen molar-refractivity contribution in [3.05, 3.63) is 120 Å². The standard InChI is InChI=1S/C21H23ClN2O5.C21H24N2O6.C20H21BrN2O5.C16H12N2O8.3CO2/c1-5-11-9-13-16(22)19(27-6-2)18-15(17(13)23-11)12(20(25)28-7-3)10-14(24-18)21(26)29-8-4;1-6-11-9-13-16(22-11)15-12(20(24)28-7-2)10-14(21(25)29-8-3)23-17(15)19(27-5)18(13)26-4;1-5-10-8-12-15(21)18(26-4)17-14(16(12)22-10)11(19(24)27-6-2)9-13(23-17)20(25)28-7-3;1-24-13-7-4-9(26-5-19)18-11(7)10-6(15(20)21)3-8(16(22)23)17-12(10)14(13)25-2;3*2-1-3/h9-10,23H,5-8H2,1-4H3;9-10,22H,6-8H2,1-5H3;8-9,22H,5-7H2,1-4H3;3-5,17H,1-2H3,(H,20,21)(H,22,23);;;. The number of fused-ring (bicyclic) bond motifs is 12. The van der Waals surface area contributed by atoms with E-state index in [1.165, 1.54) is 59.8 Å². The molecule has 0 aliphatic rings. The van der Waals surface area contributed by atoms with Crippen LogP contribution in [0.4, 0.5) is 0 Å². The number of esters is 6. The fraction of sp³-hybridized carbons (Fsp3) is 0.309. The zero-order valence-electron chi connectivity index (χ0n) is 67.6. The molecule has 0 radical (unpaired) electrons. The van der Waals surface area contributed by atoms with Crippen LogP contribution in [0.3, 0.4) is 0 Å². The first kappa shape index (κ1) is 95.5. The van der Waals surface area contributed by atoms with Crippen LogP contribution in [-0.4, -0.2) is 205 Å². The van der Waals surface area contributed by atoms with Crippen LogP contribution in [0.1, 0.15) is 170 Å². The molecule has 40 heteroatoms. The third-order valence-corrected chi connectivity index (χ3v) is 18.3. The Kier molecular flexibility index (Phi) is 35.4. The van der Waals surface area contributed by atoms with Gasteiger partial charge in [0.15, 0.2) is 34.5 Å². The summed E-state index contributed by atoms with van der Waals surface area (Å²) in [7, 11) is 7.21. The number of halogens is 2. The van der Waals surface area contributed by atoms with Gasteiger partial charge in [0.1, 0.15) is 39.3 Å². The first-order chi connectivity index (χ1) is 58.1. The van der Waals surface area contributed by atoms with Crippen LogP contribution in [0.15, 0.2) is 53.0 Å². The molecule has 0 amide bonds. The maximum Gasteiger partial charge on any atom is 0.373 e. The number of carboxylic acid groups (broad SMARTS) is 2. The Bertz CT molecular complexity index is 6020. The third kappa shape index (κ3) is 20.8. The molecule has 0 saturated heterocycles. The fourth-order valence-corrected chi connectivity index (χ4v) is 13.4. The Morgan fingerprint density at radius 2 is 0.736 bits per heavy atom. The second-order valence-corrected chi connectivity index (χ2v) is 25.0. The van der Waals surface area contributed by atoms with E-state index >= 15 is 0 Å². The van der Waals surface area contributed by atoms with E-state index in [2.05, 4.69) is 55.8 Å². The SMILES string of the molecule is CCOC(=O)c1cc(C(=O)OCC)c2c(n1)c(OC)c(Br)c1cc(CC)[nH]c12.CCOC(=O)c1cc(C(=O)OCC)c2c(n1)c(OC)c(OC)c1cc(CC)[nH]c12.CCOC(=O)c1cc(C(=O)OCC)c2c(n1)c(OCC)c(Cl)c1cc(CC)[nH]c12.COc1c(OC)c2[nH]c(C(=O)O)cc(C(=O)O)c2c2nc(OC=O)cc12.O=C=O.O=C=O.O=C=O. The predicted molar refractivity (Wildman–Crippen MR) is 431 cm³/mol. The smallest absolute Gasteiger partial charge is 0.373 e. The van der Waals surface area contributed by atoms with Crippen LogP contribution in [0.25, 0.3) is 87.2 Å². The summed E-state index contributed by atoms with van der Waals surface area (Å²) in [4.78, 5) is 188. The summed E-state index contributed by atoms with van der Waals surface area (Å²) in [5.74, 6) is -4.54. The molecule has 0 spiro atoms. The number of hydrogen-bond acceptors (Lipinski definition) is 32. The van der Waals surface area contributed by atoms with Gasteiger partial charge in [-0.15, -0.1) is 0 Å². The molecule has 0 aliphatic carbocycles. The zero-order valence-corrected chi connectivity index (χ0v) is 70.0. The second-order valence-electron chi connectivity index (χ2n) is 23.8. The van der Waals surface area contributed by atoms with Crippen LogP contribution >= 0.6 is 27.5 Å². The predicted octanol–water partition coefficient (Wildman–Crippen LogP) is 12.7. The second kappa shape index (κ2) is 44.8. The third-order valence-electron chi connectivity index (χ3n) is 17.1. The maximum absolute atomic E-state index is 12.8. The van der Waals surface area contributed by atoms with Crippen molar-refractivity contribution in [2.75, 3.05) is 81.8 Å². The highest BCUT2D eigenvalue weighted by Gasteiger charge is 2.32. The molecule has 638 valence electrons. The lowest BCUT2D eigenvalue weighted by Crippen LogP contribution is -2.13. The molecule has 0 fully saturated rings. The molecule has 0 aliphatic heterocycles. The van der Waals surface area contributed by atoms with Gasteiger partial charge in [-0.1, -0.05) is 32.4 Å². The number of aromatic nitrogens is 8. The number of pyridine rings is 4. The summed E-state index contributed by atoms with van der Waals surface area (Å²) < 4.78 is 69.5. The average molecular weight is 1760 g/mol. The number of carbonyl (C=O) groups is 9. The number of carboxylic acids is 2. The minimum Gasteiger partial charge on any atom is -0.493 e. The van der Waals surface area contributed by atoms with Gasteiger partial charge >= 0.3 is 66.2 Å². The van der Waals surface area contributed by atoms with Crippen molar-refractivity contribution in [2.45, 2.75) is 88.5 Å². The largest absolute Gasteiger partial charge is 0.493 e. The van der Waals surface area contributed by atoms with Crippen LogP contribution in [0.2, 0.25) is 5.02 Å². The summed E-state index contributed by atoms with van der Waals surface area (Å²) in [5, 5.41) is 23.5. The molecule has 8 aromatic heterocycles. The number of methoxy groups -OCH3 is 5. The summed E-state index contributed by atoms with van der Waals surface area (Å²) in [6.45, 7) is 19.8. The minimum atomic E-state index is -1.36. The first-order valence-electron chi connectivity index (χ1n) is 36.4. The van der Waals surface area contributed by atoms with Crippen molar-refractivity contribution in [3.63, 3.8) is 0 Å². The number of hydrogen-bond donors (Lipinski definition) is 6. The molecule has 38 nitrogen and oxygen atoms in total. The topological polar surface area (TPSA) is 531 Å². The summed E-state index contributed by atoms with van der Waals surface area (Å²) >= 11 is 10.2. The average Bonchev–Trinajstić information content (AvgIpc) is 1.70. The molecular weight excluding hydrogens is 1680 g/mol. The molecule has 4 aromatic carbocycles. The van der Waals surface area contributed by atoms with Gasteiger partial charge in [-0.2, -0.15) is 28.8 Å². The summed E-state index contributed by atoms with van der Waals surface area (Å²) in [6.07, 6.45) is 3.04. The lowest BCUT2D eigenvalue weighted by atomic mass is 10.0. The van der Waals surface area contributed by atoms with Gasteiger partial charge < -0.3 is 91.7 Å². The molecular formula is C81H80BrClN8O30. The molecule has 12 rings (SSSR count). The molecule has 0 saturated carbocycles. The Morgan fingerprint density at radius 1 is 0.388 bits per heavy atom. The van der Waals surface area contributed by atoms with Crippen molar-refractivity contribution in [1.82, 2.24) is 39.9 Å². The number of rotatable bonds is 26. The Hall–Kier alpha value is -14.4. The van der Waals surface area contributed by atoms with Crippen LogP contribution in [0.5, 0.6) is 40.4 Å². The molecule has 0 atom stereocenters. The Morgan fingerprint density at radius 3 is 1.10 bits per heavy atom. The van der Waals surface area contributed by atoms with Crippen molar-refractivity contribution in [2.24, 2.45) is 0 Å². The summed E-state index contributed by atoms with van der Waals surface area (Å²) in [6, 6.07) is 12.4. The number of nitrogens with zero attached hydrogens (tertiary/aromatic N) is 4. The number of aryl methyl sites for hydroxylation is 3. The molecule has 0 bridgehead atoms. The minimum absolute atomic E-state index is 0.00984. The van der Waals surface area contributed by atoms with E-state index in [1.807, 2.05) is 45.9 Å². The van der Waals surface area contributed by atoms with Gasteiger partial charge in [0.25, 0.3) is 6.47 Å². The van der Waals surface area contributed by atoms with Crippen LogP contribution in [-0.2, 0) is 81.2 Å². The van der Waals surface area contributed by atoms with E-state index < -0.39 is 47.8 Å². The van der Waals surface area contributed by atoms with Gasteiger partial charge in [0, 0.05) is 60.9 Å². The van der Waals surface area contributed by atoms with E-state index in [4.69, 9.17) is 102 Å². The van der Waals surface area contributed by atoms with Crippen LogP contribution < -0.4 is 33.2 Å².